The topological polar surface area (TPSA) is 57.7 Å². The number of nitrogens with zero attached hydrogens (tertiary/aromatic N) is 2. The summed E-state index contributed by atoms with van der Waals surface area (Å²) in [7, 11) is -3.74. The Labute approximate surface area is 173 Å². The van der Waals surface area contributed by atoms with E-state index in [2.05, 4.69) is 6.92 Å². The minimum Gasteiger partial charge on any atom is -0.336 e. The van der Waals surface area contributed by atoms with Gasteiger partial charge in [0, 0.05) is 24.2 Å². The molecule has 2 atom stereocenters. The molecule has 0 bridgehead atoms. The number of fused-ring (bicyclic) bond motifs is 1. The van der Waals surface area contributed by atoms with E-state index in [1.807, 2.05) is 36.1 Å². The molecule has 1 saturated heterocycles. The first-order chi connectivity index (χ1) is 13.9. The maximum atomic E-state index is 13.5. The molecule has 5 nitrogen and oxygen atoms in total. The molecule has 4 rings (SSSR count). The number of hydrogen-bond donors (Lipinski definition) is 0. The van der Waals surface area contributed by atoms with Gasteiger partial charge in [0.1, 0.15) is 0 Å². The zero-order chi connectivity index (χ0) is 20.6. The maximum absolute atomic E-state index is 13.5. The van der Waals surface area contributed by atoms with Crippen molar-refractivity contribution in [1.82, 2.24) is 4.90 Å². The molecule has 29 heavy (non-hydrogen) atoms. The summed E-state index contributed by atoms with van der Waals surface area (Å²) in [5.74, 6) is -0.0662. The van der Waals surface area contributed by atoms with Gasteiger partial charge in [-0.15, -0.1) is 0 Å². The van der Waals surface area contributed by atoms with Crippen LogP contribution in [-0.4, -0.2) is 37.9 Å². The average molecular weight is 413 g/mol. The van der Waals surface area contributed by atoms with Gasteiger partial charge in [0.15, 0.2) is 0 Å². The lowest BCUT2D eigenvalue weighted by atomic mass is 9.99. The van der Waals surface area contributed by atoms with Crippen LogP contribution in [0.3, 0.4) is 0 Å². The number of anilines is 1. The Bertz CT molecular complexity index is 1020. The number of hydrogen-bond acceptors (Lipinski definition) is 3. The summed E-state index contributed by atoms with van der Waals surface area (Å²) in [6.07, 6.45) is 4.78. The van der Waals surface area contributed by atoms with Crippen molar-refractivity contribution in [3.8, 4) is 0 Å². The van der Waals surface area contributed by atoms with Crippen LogP contribution in [0.2, 0.25) is 0 Å². The molecule has 0 spiro atoms. The third kappa shape index (κ3) is 3.54. The molecule has 0 saturated carbocycles. The number of para-hydroxylation sites is 1. The zero-order valence-electron chi connectivity index (χ0n) is 17.0. The summed E-state index contributed by atoms with van der Waals surface area (Å²) in [6, 6.07) is 14.3. The van der Waals surface area contributed by atoms with E-state index in [-0.39, 0.29) is 22.9 Å². The van der Waals surface area contributed by atoms with Crippen molar-refractivity contribution in [3.63, 3.8) is 0 Å². The van der Waals surface area contributed by atoms with Gasteiger partial charge in [-0.25, -0.2) is 8.42 Å². The van der Waals surface area contributed by atoms with E-state index >= 15 is 0 Å². The van der Waals surface area contributed by atoms with Crippen LogP contribution >= 0.6 is 0 Å². The van der Waals surface area contributed by atoms with Crippen LogP contribution in [0, 0.1) is 0 Å². The summed E-state index contributed by atoms with van der Waals surface area (Å²) in [4.78, 5) is 15.2. The van der Waals surface area contributed by atoms with Crippen molar-refractivity contribution < 1.29 is 13.2 Å². The van der Waals surface area contributed by atoms with E-state index in [1.54, 1.807) is 24.3 Å². The number of rotatable bonds is 4. The summed E-state index contributed by atoms with van der Waals surface area (Å²) in [6.45, 7) is 4.76. The fourth-order valence-electron chi connectivity index (χ4n) is 4.66. The molecule has 0 aliphatic carbocycles. The molecule has 0 radical (unpaired) electrons. The van der Waals surface area contributed by atoms with Gasteiger partial charge < -0.3 is 4.90 Å². The molecule has 2 heterocycles. The third-order valence-electron chi connectivity index (χ3n) is 6.14. The standard InChI is InChI=1S/C23H28N2O3S/c1-3-20-11-6-7-14-24(20)23(26)19-10-8-12-21(16-19)29(27,28)25-17(2)15-18-9-4-5-13-22(18)25/h4-5,8-10,12-13,16-17,20H,3,6-7,11,14-15H2,1-2H3. The quantitative estimate of drug-likeness (QED) is 0.755. The largest absolute Gasteiger partial charge is 0.336 e. The van der Waals surface area contributed by atoms with Crippen molar-refractivity contribution in [2.24, 2.45) is 0 Å². The van der Waals surface area contributed by atoms with Crippen molar-refractivity contribution in [1.29, 1.82) is 0 Å². The molecular formula is C23H28N2O3S. The lowest BCUT2D eigenvalue weighted by molar-refractivity contribution is 0.0608. The number of likely N-dealkylation sites (tertiary alicyclic amines) is 1. The normalized spacial score (nSPS) is 21.9. The van der Waals surface area contributed by atoms with Crippen LogP contribution in [0.4, 0.5) is 5.69 Å². The van der Waals surface area contributed by atoms with Gasteiger partial charge in [0.2, 0.25) is 0 Å². The molecule has 6 heteroatoms. The van der Waals surface area contributed by atoms with Gasteiger partial charge in [0.05, 0.1) is 10.6 Å². The van der Waals surface area contributed by atoms with Crippen molar-refractivity contribution in [2.75, 3.05) is 10.8 Å². The molecule has 0 aromatic heterocycles. The Balaban J connectivity index is 1.67. The van der Waals surface area contributed by atoms with E-state index in [0.717, 1.165) is 43.5 Å². The molecule has 2 unspecified atom stereocenters. The third-order valence-corrected chi connectivity index (χ3v) is 8.07. The summed E-state index contributed by atoms with van der Waals surface area (Å²) < 4.78 is 28.5. The van der Waals surface area contributed by atoms with E-state index in [0.29, 0.717) is 12.0 Å². The van der Waals surface area contributed by atoms with Crippen molar-refractivity contribution in [2.45, 2.75) is 62.9 Å². The zero-order valence-corrected chi connectivity index (χ0v) is 17.9. The van der Waals surface area contributed by atoms with Crippen LogP contribution in [0.15, 0.2) is 53.4 Å². The lowest BCUT2D eigenvalue weighted by Gasteiger charge is -2.35. The average Bonchev–Trinajstić information content (AvgIpc) is 3.09. The van der Waals surface area contributed by atoms with E-state index in [1.165, 1.54) is 4.31 Å². The fraction of sp³-hybridized carbons (Fsp3) is 0.435. The number of amides is 1. The molecule has 2 aliphatic heterocycles. The number of sulfonamides is 1. The Morgan fingerprint density at radius 1 is 1.10 bits per heavy atom. The number of piperidine rings is 1. The minimum absolute atomic E-state index is 0.0662. The Morgan fingerprint density at radius 2 is 1.90 bits per heavy atom. The molecule has 0 N–H and O–H groups in total. The van der Waals surface area contributed by atoms with Gasteiger partial charge >= 0.3 is 0 Å². The highest BCUT2D eigenvalue weighted by Crippen LogP contribution is 2.36. The summed E-state index contributed by atoms with van der Waals surface area (Å²) in [5.41, 5.74) is 2.22. The van der Waals surface area contributed by atoms with Crippen LogP contribution < -0.4 is 4.31 Å². The number of benzene rings is 2. The van der Waals surface area contributed by atoms with Gasteiger partial charge in [-0.3, -0.25) is 9.10 Å². The first kappa shape index (κ1) is 20.0. The smallest absolute Gasteiger partial charge is 0.264 e. The number of carbonyl (C=O) groups is 1. The van der Waals surface area contributed by atoms with E-state index in [4.69, 9.17) is 0 Å². The highest BCUT2D eigenvalue weighted by Gasteiger charge is 2.36. The molecule has 2 aromatic rings. The van der Waals surface area contributed by atoms with Crippen LogP contribution in [0.25, 0.3) is 0 Å². The first-order valence-electron chi connectivity index (χ1n) is 10.5. The Kier molecular flexibility index (Phi) is 5.38. The van der Waals surface area contributed by atoms with Crippen molar-refractivity contribution in [3.05, 3.63) is 59.7 Å². The monoisotopic (exact) mass is 412 g/mol. The lowest BCUT2D eigenvalue weighted by Crippen LogP contribution is -2.43. The van der Waals surface area contributed by atoms with Crippen LogP contribution in [-0.2, 0) is 16.4 Å². The predicted molar refractivity (Wildman–Crippen MR) is 115 cm³/mol. The molecule has 154 valence electrons. The van der Waals surface area contributed by atoms with Gasteiger partial charge in [0.25, 0.3) is 15.9 Å². The SMILES string of the molecule is CCC1CCCCN1C(=O)c1cccc(S(=O)(=O)N2c3ccccc3CC2C)c1. The predicted octanol–water partition coefficient (Wildman–Crippen LogP) is 4.23. The van der Waals surface area contributed by atoms with E-state index < -0.39 is 10.0 Å². The van der Waals surface area contributed by atoms with Gasteiger partial charge in [-0.05, 0) is 68.9 Å². The molecular weight excluding hydrogens is 384 g/mol. The second-order valence-electron chi connectivity index (χ2n) is 8.07. The Morgan fingerprint density at radius 3 is 2.69 bits per heavy atom. The fourth-order valence-corrected chi connectivity index (χ4v) is 6.40. The minimum atomic E-state index is -3.74. The van der Waals surface area contributed by atoms with Gasteiger partial charge in [-0.2, -0.15) is 0 Å². The van der Waals surface area contributed by atoms with E-state index in [9.17, 15) is 13.2 Å². The highest BCUT2D eigenvalue weighted by molar-refractivity contribution is 7.92. The molecule has 1 amide bonds. The van der Waals surface area contributed by atoms with Crippen molar-refractivity contribution >= 4 is 21.6 Å². The first-order valence-corrected chi connectivity index (χ1v) is 11.9. The summed E-state index contributed by atoms with van der Waals surface area (Å²) >= 11 is 0. The molecule has 2 aliphatic rings. The highest BCUT2D eigenvalue weighted by atomic mass is 32.2. The van der Waals surface area contributed by atoms with Gasteiger partial charge in [-0.1, -0.05) is 31.2 Å². The number of carbonyl (C=O) groups excluding carboxylic acids is 1. The Hall–Kier alpha value is -2.34. The maximum Gasteiger partial charge on any atom is 0.264 e. The second-order valence-corrected chi connectivity index (χ2v) is 9.88. The van der Waals surface area contributed by atoms with Crippen LogP contribution in [0.5, 0.6) is 0 Å². The molecule has 1 fully saturated rings. The van der Waals surface area contributed by atoms with Crippen LogP contribution in [0.1, 0.15) is 55.5 Å². The second kappa shape index (κ2) is 7.82. The molecule has 2 aromatic carbocycles. The summed E-state index contributed by atoms with van der Waals surface area (Å²) in [5, 5.41) is 0.